The molecule has 0 saturated carbocycles. The molecule has 0 aliphatic carbocycles. The number of aliphatic hydroxyl groups excluding tert-OH is 1. The van der Waals surface area contributed by atoms with Crippen LogP contribution in [-0.2, 0) is 16.7 Å². The molecule has 0 radical (unpaired) electrons. The lowest BCUT2D eigenvalue weighted by atomic mass is 9.72. The van der Waals surface area contributed by atoms with E-state index in [-0.39, 0.29) is 30.0 Å². The van der Waals surface area contributed by atoms with Crippen molar-refractivity contribution in [1.82, 2.24) is 4.57 Å². The van der Waals surface area contributed by atoms with Gasteiger partial charge in [-0.2, -0.15) is 0 Å². The lowest BCUT2D eigenvalue weighted by Gasteiger charge is -2.34. The van der Waals surface area contributed by atoms with E-state index in [1.807, 2.05) is 52.8 Å². The third kappa shape index (κ3) is 5.85. The van der Waals surface area contributed by atoms with Crippen molar-refractivity contribution in [2.24, 2.45) is 5.41 Å². The number of hydrogen-bond donors (Lipinski definition) is 1. The highest BCUT2D eigenvalue weighted by Crippen LogP contribution is 2.41. The monoisotopic (exact) mass is 467 g/mol. The Morgan fingerprint density at radius 3 is 2.35 bits per heavy atom. The van der Waals surface area contributed by atoms with Crippen LogP contribution in [0.5, 0.6) is 5.75 Å². The molecule has 0 fully saturated rings. The van der Waals surface area contributed by atoms with Crippen LogP contribution in [0.3, 0.4) is 0 Å². The van der Waals surface area contributed by atoms with Crippen LogP contribution in [0.25, 0.3) is 0 Å². The van der Waals surface area contributed by atoms with E-state index in [2.05, 4.69) is 36.5 Å². The number of nitrogens with zero attached hydrogens (tertiary/aromatic N) is 1. The van der Waals surface area contributed by atoms with Crippen LogP contribution >= 0.6 is 0 Å². The quantitative estimate of drug-likeness (QED) is 0.254. The minimum atomic E-state index is -0.552. The Bertz CT molecular complexity index is 1000. The number of carbonyl (C=O) groups excluding carboxylic acids is 1. The molecule has 0 aliphatic heterocycles. The van der Waals surface area contributed by atoms with Crippen LogP contribution in [0.2, 0.25) is 0 Å². The van der Waals surface area contributed by atoms with Gasteiger partial charge in [-0.3, -0.25) is 0 Å². The molecule has 1 aromatic carbocycles. The number of aliphatic hydroxyl groups is 1. The predicted molar refractivity (Wildman–Crippen MR) is 137 cm³/mol. The first-order valence-corrected chi connectivity index (χ1v) is 12.3. The Balaban J connectivity index is 2.41. The summed E-state index contributed by atoms with van der Waals surface area (Å²) in [6.07, 6.45) is 6.88. The Hall–Kier alpha value is -2.71. The van der Waals surface area contributed by atoms with E-state index in [0.717, 1.165) is 29.8 Å². The summed E-state index contributed by atoms with van der Waals surface area (Å²) in [4.78, 5) is 12.7. The summed E-state index contributed by atoms with van der Waals surface area (Å²) < 4.78 is 13.4. The maximum absolute atomic E-state index is 12.7. The first-order valence-electron chi connectivity index (χ1n) is 12.3. The molecule has 0 bridgehead atoms. The van der Waals surface area contributed by atoms with Crippen LogP contribution in [-0.4, -0.2) is 35.0 Å². The van der Waals surface area contributed by atoms with Gasteiger partial charge in [-0.1, -0.05) is 46.8 Å². The summed E-state index contributed by atoms with van der Waals surface area (Å²) in [6.45, 7) is 15.6. The molecule has 1 N–H and O–H groups in total. The third-order valence-electron chi connectivity index (χ3n) is 6.81. The van der Waals surface area contributed by atoms with Crippen molar-refractivity contribution < 1.29 is 19.4 Å². The molecule has 0 saturated heterocycles. The van der Waals surface area contributed by atoms with Gasteiger partial charge < -0.3 is 19.1 Å². The highest BCUT2D eigenvalue weighted by molar-refractivity contribution is 5.88. The molecule has 1 unspecified atom stereocenters. The molecule has 34 heavy (non-hydrogen) atoms. The predicted octanol–water partition coefficient (Wildman–Crippen LogP) is 5.89. The number of rotatable bonds is 11. The minimum Gasteiger partial charge on any atom is -0.491 e. The fraction of sp³-hybridized carbons (Fsp3) is 0.552. The molecule has 1 aromatic heterocycles. The zero-order valence-corrected chi connectivity index (χ0v) is 21.9. The van der Waals surface area contributed by atoms with Gasteiger partial charge in [-0.05, 0) is 61.4 Å². The molecule has 2 aromatic rings. The van der Waals surface area contributed by atoms with E-state index in [4.69, 9.17) is 15.9 Å². The molecular formula is C29H41NO4. The van der Waals surface area contributed by atoms with Crippen LogP contribution in [0.4, 0.5) is 0 Å². The number of aromatic nitrogens is 1. The molecule has 5 nitrogen and oxygen atoms in total. The van der Waals surface area contributed by atoms with Crippen molar-refractivity contribution in [2.75, 3.05) is 13.2 Å². The van der Waals surface area contributed by atoms with Crippen molar-refractivity contribution in [2.45, 2.75) is 85.8 Å². The lowest BCUT2D eigenvalue weighted by molar-refractivity contribution is 0.0216. The zero-order valence-electron chi connectivity index (χ0n) is 21.9. The standard InChI is InChI=1S/C29H41NO4/c1-9-13-18-33-27(32)23-15-17-25(30(23)12-4)29(10-2,11-3)22-14-16-24(21(5)19-22)34-20-26(31)28(6,7)8/h1,14-17,19,26,31H,10-13,18,20H2,2-8H3. The van der Waals surface area contributed by atoms with Crippen molar-refractivity contribution in [3.63, 3.8) is 0 Å². The molecule has 5 heteroatoms. The number of aryl methyl sites for hydroxylation is 1. The summed E-state index contributed by atoms with van der Waals surface area (Å²) in [7, 11) is 0. The molecule has 0 spiro atoms. The van der Waals surface area contributed by atoms with Crippen molar-refractivity contribution in [3.05, 3.63) is 52.8 Å². The number of benzene rings is 1. The van der Waals surface area contributed by atoms with Crippen LogP contribution < -0.4 is 4.74 Å². The van der Waals surface area contributed by atoms with Crippen molar-refractivity contribution >= 4 is 5.97 Å². The van der Waals surface area contributed by atoms with Crippen molar-refractivity contribution in [1.29, 1.82) is 0 Å². The van der Waals surface area contributed by atoms with Crippen LogP contribution in [0.1, 0.15) is 88.1 Å². The maximum atomic E-state index is 12.7. The van der Waals surface area contributed by atoms with Gasteiger partial charge in [-0.15, -0.1) is 12.3 Å². The molecule has 1 atom stereocenters. The summed E-state index contributed by atoms with van der Waals surface area (Å²) in [5.74, 6) is 2.93. The summed E-state index contributed by atoms with van der Waals surface area (Å²) >= 11 is 0. The number of esters is 1. The summed E-state index contributed by atoms with van der Waals surface area (Å²) in [5, 5.41) is 10.3. The number of ether oxygens (including phenoxy) is 2. The van der Waals surface area contributed by atoms with E-state index in [1.54, 1.807) is 0 Å². The fourth-order valence-corrected chi connectivity index (χ4v) is 4.38. The summed E-state index contributed by atoms with van der Waals surface area (Å²) in [6, 6.07) is 10.2. The number of hydrogen-bond acceptors (Lipinski definition) is 4. The zero-order chi connectivity index (χ0) is 25.5. The Labute approximate surface area is 205 Å². The molecule has 1 heterocycles. The van der Waals surface area contributed by atoms with E-state index in [0.29, 0.717) is 18.7 Å². The first kappa shape index (κ1) is 27.5. The molecule has 2 rings (SSSR count). The molecule has 0 aliphatic rings. The van der Waals surface area contributed by atoms with Crippen molar-refractivity contribution in [3.8, 4) is 18.1 Å². The second-order valence-corrected chi connectivity index (χ2v) is 9.90. The SMILES string of the molecule is C#CCCOC(=O)c1ccc(C(CC)(CC)c2ccc(OCC(O)C(C)(C)C)c(C)c2)n1CC. The second kappa shape index (κ2) is 11.6. The first-order chi connectivity index (χ1) is 16.0. The largest absolute Gasteiger partial charge is 0.491 e. The summed E-state index contributed by atoms with van der Waals surface area (Å²) in [5.41, 5.74) is 3.35. The van der Waals surface area contributed by atoms with Gasteiger partial charge in [0.15, 0.2) is 0 Å². The Morgan fingerprint density at radius 2 is 1.82 bits per heavy atom. The fourth-order valence-electron chi connectivity index (χ4n) is 4.38. The smallest absolute Gasteiger partial charge is 0.354 e. The van der Waals surface area contributed by atoms with Gasteiger partial charge in [-0.25, -0.2) is 4.79 Å². The normalized spacial score (nSPS) is 12.8. The topological polar surface area (TPSA) is 60.7 Å². The molecule has 0 amide bonds. The van der Waals surface area contributed by atoms with Gasteiger partial charge in [0.1, 0.15) is 24.7 Å². The average molecular weight is 468 g/mol. The van der Waals surface area contributed by atoms with E-state index >= 15 is 0 Å². The van der Waals surface area contributed by atoms with Gasteiger partial charge in [0, 0.05) is 24.1 Å². The van der Waals surface area contributed by atoms with Crippen LogP contribution in [0, 0.1) is 24.7 Å². The van der Waals surface area contributed by atoms with Gasteiger partial charge in [0.2, 0.25) is 0 Å². The Kier molecular flexibility index (Phi) is 9.41. The maximum Gasteiger partial charge on any atom is 0.354 e. The van der Waals surface area contributed by atoms with Gasteiger partial charge in [0.05, 0.1) is 6.10 Å². The van der Waals surface area contributed by atoms with Gasteiger partial charge in [0.25, 0.3) is 0 Å². The second-order valence-electron chi connectivity index (χ2n) is 9.90. The lowest BCUT2D eigenvalue weighted by Crippen LogP contribution is -2.32. The third-order valence-corrected chi connectivity index (χ3v) is 6.81. The number of carbonyl (C=O) groups is 1. The van der Waals surface area contributed by atoms with Gasteiger partial charge >= 0.3 is 5.97 Å². The van der Waals surface area contributed by atoms with E-state index in [9.17, 15) is 9.90 Å². The average Bonchev–Trinajstić information content (AvgIpc) is 3.23. The van der Waals surface area contributed by atoms with E-state index < -0.39 is 6.10 Å². The highest BCUT2D eigenvalue weighted by atomic mass is 16.5. The van der Waals surface area contributed by atoms with E-state index in [1.165, 1.54) is 5.56 Å². The minimum absolute atomic E-state index is 0.219. The molecular weight excluding hydrogens is 426 g/mol. The number of terminal acetylenes is 1. The highest BCUT2D eigenvalue weighted by Gasteiger charge is 2.35. The molecule has 186 valence electrons. The Morgan fingerprint density at radius 1 is 1.15 bits per heavy atom. The van der Waals surface area contributed by atoms with Crippen LogP contribution in [0.15, 0.2) is 30.3 Å².